The molecule has 0 radical (unpaired) electrons. The van der Waals surface area contributed by atoms with Crippen molar-refractivity contribution in [2.75, 3.05) is 6.54 Å². The van der Waals surface area contributed by atoms with E-state index in [9.17, 15) is 8.78 Å². The molecule has 102 valence electrons. The number of hydrogen-bond donors (Lipinski definition) is 1. The third kappa shape index (κ3) is 2.81. The van der Waals surface area contributed by atoms with E-state index in [1.165, 1.54) is 23.5 Å². The molecule has 5 heteroatoms. The SMILES string of the molecule is CCNC(c1sccc1Cl)c1c(F)ccc(C)c1F. The van der Waals surface area contributed by atoms with Crippen LogP contribution in [0.3, 0.4) is 0 Å². The molecular formula is C14H14ClF2NS. The van der Waals surface area contributed by atoms with Gasteiger partial charge >= 0.3 is 0 Å². The zero-order valence-electron chi connectivity index (χ0n) is 10.6. The predicted molar refractivity (Wildman–Crippen MR) is 75.9 cm³/mol. The summed E-state index contributed by atoms with van der Waals surface area (Å²) in [6.07, 6.45) is 0. The third-order valence-corrected chi connectivity index (χ3v) is 4.35. The van der Waals surface area contributed by atoms with Crippen LogP contribution in [0.5, 0.6) is 0 Å². The zero-order valence-corrected chi connectivity index (χ0v) is 12.2. The first-order chi connectivity index (χ1) is 9.06. The molecule has 1 atom stereocenters. The first-order valence-electron chi connectivity index (χ1n) is 5.97. The molecule has 0 aliphatic rings. The Hall–Kier alpha value is -0.970. The summed E-state index contributed by atoms with van der Waals surface area (Å²) in [6.45, 7) is 4.10. The second kappa shape index (κ2) is 5.99. The van der Waals surface area contributed by atoms with Gasteiger partial charge in [0.15, 0.2) is 0 Å². The van der Waals surface area contributed by atoms with Gasteiger partial charge < -0.3 is 5.32 Å². The Kier molecular flexibility index (Phi) is 4.55. The number of rotatable bonds is 4. The van der Waals surface area contributed by atoms with E-state index in [2.05, 4.69) is 5.32 Å². The van der Waals surface area contributed by atoms with Crippen LogP contribution in [-0.4, -0.2) is 6.54 Å². The number of halogens is 3. The summed E-state index contributed by atoms with van der Waals surface area (Å²) in [5, 5.41) is 5.43. The lowest BCUT2D eigenvalue weighted by Gasteiger charge is -2.20. The van der Waals surface area contributed by atoms with Gasteiger partial charge in [-0.3, -0.25) is 0 Å². The second-order valence-electron chi connectivity index (χ2n) is 4.22. The average molecular weight is 302 g/mol. The first-order valence-corrected chi connectivity index (χ1v) is 7.22. The Morgan fingerprint density at radius 1 is 1.32 bits per heavy atom. The van der Waals surface area contributed by atoms with Crippen molar-refractivity contribution in [1.82, 2.24) is 5.32 Å². The summed E-state index contributed by atoms with van der Waals surface area (Å²) >= 11 is 7.48. The smallest absolute Gasteiger partial charge is 0.134 e. The average Bonchev–Trinajstić information content (AvgIpc) is 2.79. The Morgan fingerprint density at radius 2 is 2.05 bits per heavy atom. The molecule has 2 aromatic rings. The van der Waals surface area contributed by atoms with E-state index in [1.807, 2.05) is 12.3 Å². The molecular weight excluding hydrogens is 288 g/mol. The van der Waals surface area contributed by atoms with Gasteiger partial charge in [-0.25, -0.2) is 8.78 Å². The predicted octanol–water partition coefficient (Wildman–Crippen LogP) is 4.69. The Labute approximate surface area is 120 Å². The van der Waals surface area contributed by atoms with Crippen molar-refractivity contribution in [2.24, 2.45) is 0 Å². The highest BCUT2D eigenvalue weighted by atomic mass is 35.5. The van der Waals surface area contributed by atoms with Crippen LogP contribution in [0, 0.1) is 18.6 Å². The molecule has 0 aliphatic carbocycles. The minimum Gasteiger partial charge on any atom is -0.306 e. The standard InChI is InChI=1S/C14H14ClF2NS/c1-3-18-13(14-9(15)6-7-19-14)11-10(16)5-4-8(2)12(11)17/h4-7,13,18H,3H2,1-2H3. The molecule has 0 amide bonds. The molecule has 1 unspecified atom stereocenters. The molecule has 0 aliphatic heterocycles. The van der Waals surface area contributed by atoms with E-state index in [4.69, 9.17) is 11.6 Å². The zero-order chi connectivity index (χ0) is 14.0. The van der Waals surface area contributed by atoms with Crippen molar-refractivity contribution in [3.63, 3.8) is 0 Å². The van der Waals surface area contributed by atoms with Crippen molar-refractivity contribution >= 4 is 22.9 Å². The van der Waals surface area contributed by atoms with Crippen LogP contribution in [0.4, 0.5) is 8.78 Å². The van der Waals surface area contributed by atoms with Gasteiger partial charge in [-0.1, -0.05) is 24.6 Å². The van der Waals surface area contributed by atoms with Crippen LogP contribution in [0.15, 0.2) is 23.6 Å². The number of aryl methyl sites for hydroxylation is 1. The first kappa shape index (κ1) is 14.4. The van der Waals surface area contributed by atoms with E-state index in [0.717, 1.165) is 4.88 Å². The van der Waals surface area contributed by atoms with Gasteiger partial charge in [0, 0.05) is 10.4 Å². The van der Waals surface area contributed by atoms with Crippen molar-refractivity contribution < 1.29 is 8.78 Å². The quantitative estimate of drug-likeness (QED) is 0.864. The monoisotopic (exact) mass is 301 g/mol. The summed E-state index contributed by atoms with van der Waals surface area (Å²) in [4.78, 5) is 0.729. The lowest BCUT2D eigenvalue weighted by Crippen LogP contribution is -2.24. The lowest BCUT2D eigenvalue weighted by atomic mass is 10.0. The highest BCUT2D eigenvalue weighted by Gasteiger charge is 2.25. The van der Waals surface area contributed by atoms with E-state index < -0.39 is 17.7 Å². The molecule has 0 spiro atoms. The highest BCUT2D eigenvalue weighted by Crippen LogP contribution is 2.35. The van der Waals surface area contributed by atoms with Crippen LogP contribution >= 0.6 is 22.9 Å². The minimum atomic E-state index is -0.558. The number of hydrogen-bond acceptors (Lipinski definition) is 2. The van der Waals surface area contributed by atoms with Gasteiger partial charge in [0.1, 0.15) is 11.6 Å². The Bertz CT molecular complexity index is 583. The van der Waals surface area contributed by atoms with Crippen LogP contribution in [0.2, 0.25) is 5.02 Å². The van der Waals surface area contributed by atoms with Crippen molar-refractivity contribution in [1.29, 1.82) is 0 Å². The molecule has 1 aromatic carbocycles. The van der Waals surface area contributed by atoms with Gasteiger partial charge in [0.2, 0.25) is 0 Å². The molecule has 19 heavy (non-hydrogen) atoms. The van der Waals surface area contributed by atoms with Gasteiger partial charge in [0.25, 0.3) is 0 Å². The molecule has 0 saturated heterocycles. The fourth-order valence-corrected chi connectivity index (χ4v) is 3.23. The highest BCUT2D eigenvalue weighted by molar-refractivity contribution is 7.10. The summed E-state index contributed by atoms with van der Waals surface area (Å²) in [7, 11) is 0. The Morgan fingerprint density at radius 3 is 2.63 bits per heavy atom. The van der Waals surface area contributed by atoms with Crippen molar-refractivity contribution in [3.05, 3.63) is 56.2 Å². The normalized spacial score (nSPS) is 12.7. The maximum absolute atomic E-state index is 14.2. The molecule has 1 nitrogen and oxygen atoms in total. The molecule has 0 saturated carbocycles. The fourth-order valence-electron chi connectivity index (χ4n) is 1.98. The lowest BCUT2D eigenvalue weighted by molar-refractivity contribution is 0.509. The molecule has 0 bridgehead atoms. The van der Waals surface area contributed by atoms with Crippen LogP contribution in [-0.2, 0) is 0 Å². The minimum absolute atomic E-state index is 0.0335. The topological polar surface area (TPSA) is 12.0 Å². The van der Waals surface area contributed by atoms with Crippen molar-refractivity contribution in [2.45, 2.75) is 19.9 Å². The number of benzene rings is 1. The van der Waals surface area contributed by atoms with Crippen LogP contribution in [0.1, 0.15) is 29.0 Å². The largest absolute Gasteiger partial charge is 0.306 e. The third-order valence-electron chi connectivity index (χ3n) is 2.92. The van der Waals surface area contributed by atoms with Crippen LogP contribution < -0.4 is 5.32 Å². The molecule has 1 heterocycles. The van der Waals surface area contributed by atoms with E-state index in [-0.39, 0.29) is 5.56 Å². The number of nitrogens with one attached hydrogen (secondary N) is 1. The Balaban J connectivity index is 2.57. The fraction of sp³-hybridized carbons (Fsp3) is 0.286. The molecule has 0 fully saturated rings. The van der Waals surface area contributed by atoms with Gasteiger partial charge in [-0.05, 0) is 36.5 Å². The number of thiophene rings is 1. The molecule has 1 N–H and O–H groups in total. The second-order valence-corrected chi connectivity index (χ2v) is 5.57. The summed E-state index contributed by atoms with van der Waals surface area (Å²) in [6, 6.07) is 3.90. The molecule has 1 aromatic heterocycles. The van der Waals surface area contributed by atoms with E-state index in [0.29, 0.717) is 17.1 Å². The van der Waals surface area contributed by atoms with Gasteiger partial charge in [-0.15, -0.1) is 11.3 Å². The van der Waals surface area contributed by atoms with Crippen molar-refractivity contribution in [3.8, 4) is 0 Å². The van der Waals surface area contributed by atoms with E-state index >= 15 is 0 Å². The molecule has 2 rings (SSSR count). The summed E-state index contributed by atoms with van der Waals surface area (Å²) < 4.78 is 28.3. The summed E-state index contributed by atoms with van der Waals surface area (Å²) in [5.74, 6) is -1.08. The maximum Gasteiger partial charge on any atom is 0.134 e. The maximum atomic E-state index is 14.2. The summed E-state index contributed by atoms with van der Waals surface area (Å²) in [5.41, 5.74) is 0.457. The van der Waals surface area contributed by atoms with E-state index in [1.54, 1.807) is 13.0 Å². The van der Waals surface area contributed by atoms with Crippen LogP contribution in [0.25, 0.3) is 0 Å². The van der Waals surface area contributed by atoms with Gasteiger partial charge in [0.05, 0.1) is 11.1 Å². The van der Waals surface area contributed by atoms with Gasteiger partial charge in [-0.2, -0.15) is 0 Å².